The third-order valence-corrected chi connectivity index (χ3v) is 5.10. The minimum absolute atomic E-state index is 0.555. The molecule has 0 saturated carbocycles. The summed E-state index contributed by atoms with van der Waals surface area (Å²) >= 11 is 1.78. The molecule has 0 radical (unpaired) electrons. The Morgan fingerprint density at radius 3 is 2.91 bits per heavy atom. The van der Waals surface area contributed by atoms with Gasteiger partial charge in [0, 0.05) is 31.1 Å². The van der Waals surface area contributed by atoms with Gasteiger partial charge in [-0.15, -0.1) is 11.3 Å². The maximum absolute atomic E-state index is 5.93. The van der Waals surface area contributed by atoms with Crippen LogP contribution in [0.15, 0.2) is 46.8 Å². The summed E-state index contributed by atoms with van der Waals surface area (Å²) in [7, 11) is 0. The van der Waals surface area contributed by atoms with Crippen LogP contribution in [0.2, 0.25) is 0 Å². The molecule has 0 amide bonds. The van der Waals surface area contributed by atoms with E-state index in [0.29, 0.717) is 5.96 Å². The number of nitrogens with two attached hydrogens (primary N) is 1. The summed E-state index contributed by atoms with van der Waals surface area (Å²) in [5, 5.41) is 5.29. The summed E-state index contributed by atoms with van der Waals surface area (Å²) in [4.78, 5) is 8.26. The zero-order valence-corrected chi connectivity index (χ0v) is 14.2. The Hall–Kier alpha value is -1.85. The van der Waals surface area contributed by atoms with Crippen LogP contribution < -0.4 is 11.1 Å². The number of nitrogens with one attached hydrogen (secondary N) is 1. The van der Waals surface area contributed by atoms with E-state index in [1.807, 2.05) is 0 Å². The highest BCUT2D eigenvalue weighted by Crippen LogP contribution is 2.17. The highest BCUT2D eigenvalue weighted by Gasteiger charge is 2.14. The summed E-state index contributed by atoms with van der Waals surface area (Å²) in [5.41, 5.74) is 8.87. The fourth-order valence-electron chi connectivity index (χ4n) is 2.88. The number of nitrogens with zero attached hydrogens (tertiary/aromatic N) is 2. The fourth-order valence-corrected chi connectivity index (χ4v) is 3.59. The molecular formula is C18H24N4S. The third kappa shape index (κ3) is 4.81. The van der Waals surface area contributed by atoms with Gasteiger partial charge in [-0.25, -0.2) is 0 Å². The molecule has 4 nitrogen and oxygen atoms in total. The highest BCUT2D eigenvalue weighted by molar-refractivity contribution is 7.09. The standard InChI is InChI=1S/C18H24N4S/c19-18(20-9-7-17-6-3-13-23-17)21-10-12-22-11-8-15-4-1-2-5-16(15)14-22/h1-6,13H,7-12,14H2,(H3,19,20,21). The molecule has 23 heavy (non-hydrogen) atoms. The SMILES string of the molecule is NC(=NCCN1CCc2ccccc2C1)NCCc1cccs1. The van der Waals surface area contributed by atoms with E-state index >= 15 is 0 Å². The normalized spacial score (nSPS) is 15.4. The molecule has 3 N–H and O–H groups in total. The quantitative estimate of drug-likeness (QED) is 0.632. The van der Waals surface area contributed by atoms with E-state index < -0.39 is 0 Å². The Labute approximate surface area is 142 Å². The van der Waals surface area contributed by atoms with Crippen LogP contribution in [0.5, 0.6) is 0 Å². The second kappa shape index (κ2) is 8.13. The van der Waals surface area contributed by atoms with Gasteiger partial charge in [-0.1, -0.05) is 30.3 Å². The summed E-state index contributed by atoms with van der Waals surface area (Å²) < 4.78 is 0. The Morgan fingerprint density at radius 1 is 1.22 bits per heavy atom. The molecule has 1 aliphatic heterocycles. The van der Waals surface area contributed by atoms with Crippen molar-refractivity contribution in [3.63, 3.8) is 0 Å². The first-order valence-electron chi connectivity index (χ1n) is 8.16. The van der Waals surface area contributed by atoms with Crippen molar-refractivity contribution < 1.29 is 0 Å². The van der Waals surface area contributed by atoms with Gasteiger partial charge in [0.05, 0.1) is 6.54 Å². The van der Waals surface area contributed by atoms with Gasteiger partial charge in [0.2, 0.25) is 0 Å². The number of hydrogen-bond donors (Lipinski definition) is 2. The molecule has 0 saturated heterocycles. The summed E-state index contributed by atoms with van der Waals surface area (Å²) in [5.74, 6) is 0.555. The molecule has 2 aromatic rings. The molecule has 3 rings (SSSR count). The van der Waals surface area contributed by atoms with Crippen LogP contribution in [0.4, 0.5) is 0 Å². The first-order valence-corrected chi connectivity index (χ1v) is 9.04. The van der Waals surface area contributed by atoms with Gasteiger partial charge in [-0.2, -0.15) is 0 Å². The average molecular weight is 328 g/mol. The van der Waals surface area contributed by atoms with E-state index in [1.54, 1.807) is 11.3 Å². The van der Waals surface area contributed by atoms with Crippen LogP contribution in [0.3, 0.4) is 0 Å². The molecule has 122 valence electrons. The maximum Gasteiger partial charge on any atom is 0.188 e. The van der Waals surface area contributed by atoms with Crippen LogP contribution in [0.1, 0.15) is 16.0 Å². The smallest absolute Gasteiger partial charge is 0.188 e. The van der Waals surface area contributed by atoms with Crippen molar-refractivity contribution in [3.8, 4) is 0 Å². The van der Waals surface area contributed by atoms with E-state index in [1.165, 1.54) is 16.0 Å². The van der Waals surface area contributed by atoms with Crippen molar-refractivity contribution >= 4 is 17.3 Å². The molecule has 0 bridgehead atoms. The lowest BCUT2D eigenvalue weighted by Crippen LogP contribution is -2.35. The number of fused-ring (bicyclic) bond motifs is 1. The Balaban J connectivity index is 1.37. The van der Waals surface area contributed by atoms with Gasteiger partial charge in [-0.05, 0) is 35.4 Å². The van der Waals surface area contributed by atoms with E-state index in [4.69, 9.17) is 5.73 Å². The largest absolute Gasteiger partial charge is 0.370 e. The molecule has 0 fully saturated rings. The van der Waals surface area contributed by atoms with Crippen LogP contribution in [0.25, 0.3) is 0 Å². The lowest BCUT2D eigenvalue weighted by Gasteiger charge is -2.28. The monoisotopic (exact) mass is 328 g/mol. The molecule has 0 aliphatic carbocycles. The first kappa shape index (κ1) is 16.0. The minimum atomic E-state index is 0.555. The van der Waals surface area contributed by atoms with Crippen LogP contribution in [0, 0.1) is 0 Å². The molecule has 1 aromatic heterocycles. The zero-order chi connectivity index (χ0) is 15.9. The van der Waals surface area contributed by atoms with Gasteiger partial charge in [0.25, 0.3) is 0 Å². The van der Waals surface area contributed by atoms with Crippen LogP contribution in [-0.2, 0) is 19.4 Å². The number of benzene rings is 1. The fraction of sp³-hybridized carbons (Fsp3) is 0.389. The molecule has 2 heterocycles. The van der Waals surface area contributed by atoms with E-state index in [9.17, 15) is 0 Å². The molecule has 5 heteroatoms. The molecule has 0 spiro atoms. The summed E-state index contributed by atoms with van der Waals surface area (Å²) in [6.07, 6.45) is 2.13. The Bertz CT molecular complexity index is 636. The van der Waals surface area contributed by atoms with Gasteiger partial charge in [-0.3, -0.25) is 9.89 Å². The van der Waals surface area contributed by atoms with Crippen molar-refractivity contribution in [2.75, 3.05) is 26.2 Å². The molecular weight excluding hydrogens is 304 g/mol. The lowest BCUT2D eigenvalue weighted by molar-refractivity contribution is 0.261. The number of rotatable bonds is 6. The summed E-state index contributed by atoms with van der Waals surface area (Å²) in [6.45, 7) is 4.68. The molecule has 1 aliphatic rings. The summed E-state index contributed by atoms with van der Waals surface area (Å²) in [6, 6.07) is 12.9. The molecule has 0 unspecified atom stereocenters. The van der Waals surface area contributed by atoms with Gasteiger partial charge in [0.1, 0.15) is 0 Å². The van der Waals surface area contributed by atoms with Crippen molar-refractivity contribution in [2.45, 2.75) is 19.4 Å². The number of hydrogen-bond acceptors (Lipinski definition) is 3. The number of aliphatic imine (C=N–C) groups is 1. The van der Waals surface area contributed by atoms with Crippen LogP contribution >= 0.6 is 11.3 Å². The predicted molar refractivity (Wildman–Crippen MR) is 97.9 cm³/mol. The third-order valence-electron chi connectivity index (χ3n) is 4.17. The van der Waals surface area contributed by atoms with E-state index in [-0.39, 0.29) is 0 Å². The van der Waals surface area contributed by atoms with E-state index in [2.05, 4.69) is 57.0 Å². The van der Waals surface area contributed by atoms with Gasteiger partial charge >= 0.3 is 0 Å². The Morgan fingerprint density at radius 2 is 2.09 bits per heavy atom. The highest BCUT2D eigenvalue weighted by atomic mass is 32.1. The van der Waals surface area contributed by atoms with Gasteiger partial charge in [0.15, 0.2) is 5.96 Å². The molecule has 0 atom stereocenters. The van der Waals surface area contributed by atoms with Crippen molar-refractivity contribution in [2.24, 2.45) is 10.7 Å². The lowest BCUT2D eigenvalue weighted by atomic mass is 10.0. The first-order chi connectivity index (χ1) is 11.3. The molecule has 1 aromatic carbocycles. The van der Waals surface area contributed by atoms with Crippen molar-refractivity contribution in [3.05, 3.63) is 57.8 Å². The zero-order valence-electron chi connectivity index (χ0n) is 13.4. The topological polar surface area (TPSA) is 53.6 Å². The minimum Gasteiger partial charge on any atom is -0.370 e. The van der Waals surface area contributed by atoms with E-state index in [0.717, 1.165) is 45.6 Å². The second-order valence-corrected chi connectivity index (χ2v) is 6.85. The van der Waals surface area contributed by atoms with Crippen molar-refractivity contribution in [1.29, 1.82) is 0 Å². The van der Waals surface area contributed by atoms with Crippen molar-refractivity contribution in [1.82, 2.24) is 10.2 Å². The number of thiophene rings is 1. The average Bonchev–Trinajstić information content (AvgIpc) is 3.08. The Kier molecular flexibility index (Phi) is 5.66. The van der Waals surface area contributed by atoms with Crippen LogP contribution in [-0.4, -0.2) is 37.0 Å². The number of guanidine groups is 1. The maximum atomic E-state index is 5.93. The predicted octanol–water partition coefficient (Wildman–Crippen LogP) is 2.25. The van der Waals surface area contributed by atoms with Gasteiger partial charge < -0.3 is 11.1 Å². The second-order valence-electron chi connectivity index (χ2n) is 5.82.